The number of piperidine rings is 1. The van der Waals surface area contributed by atoms with Gasteiger partial charge in [0, 0.05) is 49.6 Å². The Hall–Kier alpha value is -4.09. The maximum Gasteiger partial charge on any atom is 0.415 e. The lowest BCUT2D eigenvalue weighted by Crippen LogP contribution is -2.55. The lowest BCUT2D eigenvalue weighted by molar-refractivity contribution is -0.146. The minimum absolute atomic E-state index is 0.0841. The molecule has 4 heterocycles. The number of aromatic nitrogens is 1. The van der Waals surface area contributed by atoms with Crippen LogP contribution >= 0.6 is 0 Å². The number of esters is 1. The van der Waals surface area contributed by atoms with Crippen LogP contribution in [0.2, 0.25) is 0 Å². The Kier molecular flexibility index (Phi) is 7.31. The minimum atomic E-state index is -0.878. The first kappa shape index (κ1) is 27.1. The number of fused-ring (bicyclic) bond motifs is 2. The van der Waals surface area contributed by atoms with Crippen molar-refractivity contribution < 1.29 is 38.4 Å². The van der Waals surface area contributed by atoms with Crippen molar-refractivity contribution in [3.8, 4) is 17.2 Å². The van der Waals surface area contributed by atoms with Crippen LogP contribution in [0.15, 0.2) is 48.7 Å². The maximum absolute atomic E-state index is 13.2. The first-order valence-electron chi connectivity index (χ1n) is 13.7. The molecule has 0 unspecified atom stereocenters. The van der Waals surface area contributed by atoms with Crippen LogP contribution in [0.3, 0.4) is 0 Å². The van der Waals surface area contributed by atoms with Gasteiger partial charge < -0.3 is 28.8 Å². The largest absolute Gasteiger partial charge is 0.497 e. The number of hydrogen-bond donors (Lipinski definition) is 1. The summed E-state index contributed by atoms with van der Waals surface area (Å²) in [7, 11) is 2.95. The van der Waals surface area contributed by atoms with Crippen molar-refractivity contribution in [2.24, 2.45) is 5.92 Å². The zero-order chi connectivity index (χ0) is 28.6. The van der Waals surface area contributed by atoms with Crippen molar-refractivity contribution in [2.45, 2.75) is 24.5 Å². The van der Waals surface area contributed by atoms with Crippen LogP contribution in [-0.2, 0) is 14.3 Å². The number of amides is 1. The molecule has 3 aliphatic rings. The summed E-state index contributed by atoms with van der Waals surface area (Å²) in [6, 6.07) is 12.8. The molecular weight excluding hydrogens is 530 g/mol. The third kappa shape index (κ3) is 5.22. The summed E-state index contributed by atoms with van der Waals surface area (Å²) >= 11 is 0. The number of pyridine rings is 1. The number of nitrogens with zero attached hydrogens (tertiary/aromatic N) is 3. The van der Waals surface area contributed by atoms with E-state index in [-0.39, 0.29) is 24.9 Å². The van der Waals surface area contributed by atoms with Crippen molar-refractivity contribution >= 4 is 28.7 Å². The van der Waals surface area contributed by atoms with E-state index >= 15 is 0 Å². The van der Waals surface area contributed by atoms with E-state index in [4.69, 9.17) is 23.7 Å². The number of ether oxygens (including phenoxy) is 5. The molecule has 1 N–H and O–H groups in total. The van der Waals surface area contributed by atoms with Crippen LogP contribution in [0.4, 0.5) is 10.5 Å². The molecule has 41 heavy (non-hydrogen) atoms. The van der Waals surface area contributed by atoms with Gasteiger partial charge in [0.1, 0.15) is 24.6 Å². The monoisotopic (exact) mass is 563 g/mol. The van der Waals surface area contributed by atoms with Crippen molar-refractivity contribution in [3.05, 3.63) is 54.2 Å². The average Bonchev–Trinajstić information content (AvgIpc) is 3.34. The van der Waals surface area contributed by atoms with Gasteiger partial charge >= 0.3 is 12.1 Å². The van der Waals surface area contributed by atoms with E-state index in [1.165, 1.54) is 7.11 Å². The highest BCUT2D eigenvalue weighted by molar-refractivity contribution is 5.91. The number of aliphatic hydroxyl groups is 1. The van der Waals surface area contributed by atoms with E-state index in [2.05, 4.69) is 9.88 Å². The molecule has 11 nitrogen and oxygen atoms in total. The van der Waals surface area contributed by atoms with E-state index in [9.17, 15) is 14.7 Å². The Morgan fingerprint density at radius 3 is 2.78 bits per heavy atom. The number of likely N-dealkylation sites (tertiary alicyclic amines) is 1. The second-order valence-electron chi connectivity index (χ2n) is 10.6. The smallest absolute Gasteiger partial charge is 0.415 e. The number of carbonyl (C=O) groups excluding carboxylic acids is 2. The molecule has 1 spiro atoms. The normalized spacial score (nSPS) is 23.0. The fourth-order valence-electron chi connectivity index (χ4n) is 6.06. The van der Waals surface area contributed by atoms with Crippen molar-refractivity contribution in [2.75, 3.05) is 58.5 Å². The number of β-amino-alcohol motifs (C(OH)–C–C–N with tert-alkyl or cyclic N) is 1. The predicted molar refractivity (Wildman–Crippen MR) is 148 cm³/mol. The lowest BCUT2D eigenvalue weighted by atomic mass is 9.78. The SMILES string of the molecule is COC(=O)C[C@H]1CN(C[C@@H](O)c2ccnc3ccc(OC)cc23)CC[C@]12CN(c1ccc3c(c1)OCCO3)C(=O)O2. The Balaban J connectivity index is 1.21. The fourth-order valence-corrected chi connectivity index (χ4v) is 6.06. The number of benzene rings is 2. The summed E-state index contributed by atoms with van der Waals surface area (Å²) in [4.78, 5) is 33.8. The van der Waals surface area contributed by atoms with E-state index in [0.717, 1.165) is 16.5 Å². The molecule has 0 saturated carbocycles. The zero-order valence-corrected chi connectivity index (χ0v) is 23.1. The number of carbonyl (C=O) groups is 2. The van der Waals surface area contributed by atoms with Crippen LogP contribution in [0.25, 0.3) is 10.9 Å². The summed E-state index contributed by atoms with van der Waals surface area (Å²) in [5.41, 5.74) is 1.28. The third-order valence-electron chi connectivity index (χ3n) is 8.26. The Morgan fingerprint density at radius 2 is 1.98 bits per heavy atom. The Bertz CT molecular complexity index is 1460. The highest BCUT2D eigenvalue weighted by Crippen LogP contribution is 2.43. The number of hydrogen-bond acceptors (Lipinski definition) is 10. The van der Waals surface area contributed by atoms with Crippen molar-refractivity contribution in [1.82, 2.24) is 9.88 Å². The molecule has 0 aliphatic carbocycles. The second kappa shape index (κ2) is 11.1. The van der Waals surface area contributed by atoms with Crippen LogP contribution in [-0.4, -0.2) is 86.3 Å². The molecule has 1 aromatic heterocycles. The number of methoxy groups -OCH3 is 2. The molecule has 0 radical (unpaired) electrons. The number of rotatable bonds is 7. The highest BCUT2D eigenvalue weighted by atomic mass is 16.6. The summed E-state index contributed by atoms with van der Waals surface area (Å²) in [6.07, 6.45) is 0.992. The summed E-state index contributed by atoms with van der Waals surface area (Å²) in [5.74, 6) is 1.19. The van der Waals surface area contributed by atoms with Crippen LogP contribution in [0.1, 0.15) is 24.5 Å². The number of aliphatic hydroxyl groups excluding tert-OH is 1. The van der Waals surface area contributed by atoms with E-state index in [1.807, 2.05) is 30.3 Å². The fraction of sp³-hybridized carbons (Fsp3) is 0.433. The van der Waals surface area contributed by atoms with Gasteiger partial charge in [0.05, 0.1) is 44.5 Å². The molecule has 216 valence electrons. The quantitative estimate of drug-likeness (QED) is 0.429. The van der Waals surface area contributed by atoms with Gasteiger partial charge in [-0.3, -0.25) is 19.6 Å². The molecule has 3 atom stereocenters. The second-order valence-corrected chi connectivity index (χ2v) is 10.6. The Labute approximate surface area is 237 Å². The molecule has 11 heteroatoms. The van der Waals surface area contributed by atoms with Gasteiger partial charge in [-0.25, -0.2) is 4.79 Å². The van der Waals surface area contributed by atoms with E-state index < -0.39 is 17.8 Å². The van der Waals surface area contributed by atoms with Crippen LogP contribution in [0.5, 0.6) is 17.2 Å². The third-order valence-corrected chi connectivity index (χ3v) is 8.26. The van der Waals surface area contributed by atoms with Gasteiger partial charge in [-0.15, -0.1) is 0 Å². The first-order chi connectivity index (χ1) is 19.9. The molecule has 2 fully saturated rings. The van der Waals surface area contributed by atoms with Crippen molar-refractivity contribution in [1.29, 1.82) is 0 Å². The first-order valence-corrected chi connectivity index (χ1v) is 13.7. The molecule has 1 amide bonds. The van der Waals surface area contributed by atoms with Crippen LogP contribution in [0, 0.1) is 5.92 Å². The standard InChI is InChI=1S/C30H33N3O8/c1-37-21-4-5-24-23(15-21)22(7-9-31-24)25(34)17-32-10-8-30(19(16-32)13-28(35)38-2)18-33(29(36)41-30)20-3-6-26-27(14-20)40-12-11-39-26/h3-7,9,14-15,19,25,34H,8,10-13,16-18H2,1-2H3/t19-,25+,30-/m0/s1. The summed E-state index contributed by atoms with van der Waals surface area (Å²) < 4.78 is 27.8. The van der Waals surface area contributed by atoms with E-state index in [1.54, 1.807) is 30.3 Å². The molecule has 3 aromatic rings. The van der Waals surface area contributed by atoms with Crippen molar-refractivity contribution in [3.63, 3.8) is 0 Å². The maximum atomic E-state index is 13.2. The lowest BCUT2D eigenvalue weighted by Gasteiger charge is -2.44. The van der Waals surface area contributed by atoms with Gasteiger partial charge in [0.25, 0.3) is 0 Å². The van der Waals surface area contributed by atoms with Gasteiger partial charge in [-0.05, 0) is 42.0 Å². The average molecular weight is 564 g/mol. The Morgan fingerprint density at radius 1 is 1.15 bits per heavy atom. The summed E-state index contributed by atoms with van der Waals surface area (Å²) in [5, 5.41) is 12.1. The van der Waals surface area contributed by atoms with Gasteiger partial charge in [-0.1, -0.05) is 0 Å². The highest BCUT2D eigenvalue weighted by Gasteiger charge is 2.54. The zero-order valence-electron chi connectivity index (χ0n) is 23.1. The van der Waals surface area contributed by atoms with Crippen LogP contribution < -0.4 is 19.1 Å². The summed E-state index contributed by atoms with van der Waals surface area (Å²) in [6.45, 7) is 2.57. The molecule has 2 aromatic carbocycles. The minimum Gasteiger partial charge on any atom is -0.497 e. The molecule has 3 aliphatic heterocycles. The molecular formula is C30H33N3O8. The predicted octanol–water partition coefficient (Wildman–Crippen LogP) is 3.33. The molecule has 0 bridgehead atoms. The molecule has 2 saturated heterocycles. The number of anilines is 1. The van der Waals surface area contributed by atoms with Gasteiger partial charge in [0.15, 0.2) is 11.5 Å². The topological polar surface area (TPSA) is 120 Å². The van der Waals surface area contributed by atoms with Gasteiger partial charge in [-0.2, -0.15) is 0 Å². The van der Waals surface area contributed by atoms with Gasteiger partial charge in [0.2, 0.25) is 0 Å². The molecule has 6 rings (SSSR count). The van der Waals surface area contributed by atoms with E-state index in [0.29, 0.717) is 62.2 Å².